The lowest BCUT2D eigenvalue weighted by molar-refractivity contribution is -0.142. The number of benzene rings is 1. The van der Waals surface area contributed by atoms with Crippen LogP contribution in [0.25, 0.3) is 0 Å². The van der Waals surface area contributed by atoms with Crippen molar-refractivity contribution in [3.63, 3.8) is 0 Å². The lowest BCUT2D eigenvalue weighted by atomic mass is 9.68. The molecule has 0 radical (unpaired) electrons. The first kappa shape index (κ1) is 18.9. The van der Waals surface area contributed by atoms with Gasteiger partial charge in [-0.05, 0) is 55.4 Å². The molecule has 30 heavy (non-hydrogen) atoms. The van der Waals surface area contributed by atoms with Crippen LogP contribution in [0.1, 0.15) is 37.2 Å². The number of nitrogens with one attached hydrogen (secondary N) is 1. The molecular weight excluding hydrogens is 382 g/mol. The van der Waals surface area contributed by atoms with Gasteiger partial charge in [0.25, 0.3) is 0 Å². The molecule has 7 heteroatoms. The predicted molar refractivity (Wildman–Crippen MR) is 109 cm³/mol. The van der Waals surface area contributed by atoms with Crippen LogP contribution in [-0.4, -0.2) is 47.1 Å². The molecule has 2 aromatic rings. The molecule has 2 saturated heterocycles. The summed E-state index contributed by atoms with van der Waals surface area (Å²) in [6.07, 6.45) is 4.65. The molecule has 5 rings (SSSR count). The number of hydrogen-bond donors (Lipinski definition) is 1. The zero-order valence-electron chi connectivity index (χ0n) is 16.8. The summed E-state index contributed by atoms with van der Waals surface area (Å²) in [4.78, 5) is 30.3. The molecule has 0 atom stereocenters. The average molecular weight is 407 g/mol. The number of amides is 2. The van der Waals surface area contributed by atoms with Crippen molar-refractivity contribution in [1.82, 2.24) is 15.2 Å². The Morgan fingerprint density at radius 1 is 1.13 bits per heavy atom. The van der Waals surface area contributed by atoms with E-state index in [2.05, 4.69) is 22.4 Å². The van der Waals surface area contributed by atoms with E-state index < -0.39 is 0 Å². The quantitative estimate of drug-likeness (QED) is 0.839. The molecule has 1 spiro atoms. The molecule has 0 unspecified atom stereocenters. The molecule has 0 bridgehead atoms. The zero-order chi connectivity index (χ0) is 20.6. The van der Waals surface area contributed by atoms with Gasteiger partial charge in [-0.2, -0.15) is 0 Å². The first-order valence-corrected chi connectivity index (χ1v) is 10.5. The van der Waals surface area contributed by atoms with Gasteiger partial charge in [-0.25, -0.2) is 9.78 Å². The molecule has 1 aromatic carbocycles. The maximum Gasteiger partial charge on any atom is 0.407 e. The molecular formula is C23H25N3O4. The van der Waals surface area contributed by atoms with Gasteiger partial charge >= 0.3 is 6.09 Å². The standard InChI is InChI=1S/C23H25N3O4/c27-21(18-13-23(14-18)15-29-22(28)25-23)26-11-8-17(9-12-26)16-4-6-19(7-5-16)30-20-3-1-2-10-24-20/h1-7,10,17-18H,8-9,11-15H2,(H,25,28). The van der Waals surface area contributed by atoms with Crippen LogP contribution < -0.4 is 10.1 Å². The lowest BCUT2D eigenvalue weighted by Crippen LogP contribution is -2.58. The minimum Gasteiger partial charge on any atom is -0.447 e. The highest BCUT2D eigenvalue weighted by Crippen LogP contribution is 2.42. The van der Waals surface area contributed by atoms with Crippen molar-refractivity contribution in [2.45, 2.75) is 37.1 Å². The van der Waals surface area contributed by atoms with Crippen molar-refractivity contribution in [3.8, 4) is 11.6 Å². The number of ether oxygens (including phenoxy) is 2. The van der Waals surface area contributed by atoms with Gasteiger partial charge < -0.3 is 19.7 Å². The minimum atomic E-state index is -0.363. The van der Waals surface area contributed by atoms with Crippen LogP contribution in [-0.2, 0) is 9.53 Å². The van der Waals surface area contributed by atoms with Crippen LogP contribution in [0.5, 0.6) is 11.6 Å². The number of hydrogen-bond acceptors (Lipinski definition) is 5. The highest BCUT2D eigenvalue weighted by atomic mass is 16.6. The van der Waals surface area contributed by atoms with Crippen molar-refractivity contribution < 1.29 is 19.1 Å². The fourth-order valence-electron chi connectivity index (χ4n) is 4.80. The fourth-order valence-corrected chi connectivity index (χ4v) is 4.80. The third-order valence-corrected chi connectivity index (χ3v) is 6.49. The molecule has 156 valence electrons. The Kier molecular flexibility index (Phi) is 4.81. The molecule has 1 aromatic heterocycles. The summed E-state index contributed by atoms with van der Waals surface area (Å²) in [6, 6.07) is 13.8. The van der Waals surface area contributed by atoms with Crippen molar-refractivity contribution in [3.05, 3.63) is 54.2 Å². The van der Waals surface area contributed by atoms with Crippen molar-refractivity contribution in [2.75, 3.05) is 19.7 Å². The number of cyclic esters (lactones) is 1. The van der Waals surface area contributed by atoms with Crippen LogP contribution in [0.3, 0.4) is 0 Å². The highest BCUT2D eigenvalue weighted by Gasteiger charge is 2.53. The average Bonchev–Trinajstić information content (AvgIpc) is 3.16. The van der Waals surface area contributed by atoms with E-state index in [1.807, 2.05) is 35.2 Å². The molecule has 3 fully saturated rings. The van der Waals surface area contributed by atoms with Crippen molar-refractivity contribution in [1.29, 1.82) is 0 Å². The Hall–Kier alpha value is -3.09. The van der Waals surface area contributed by atoms with Gasteiger partial charge in [-0.15, -0.1) is 0 Å². The van der Waals surface area contributed by atoms with Crippen molar-refractivity contribution in [2.24, 2.45) is 5.92 Å². The summed E-state index contributed by atoms with van der Waals surface area (Å²) >= 11 is 0. The third kappa shape index (κ3) is 3.72. The Balaban J connectivity index is 1.12. The van der Waals surface area contributed by atoms with Gasteiger partial charge in [0.2, 0.25) is 11.8 Å². The van der Waals surface area contributed by atoms with Crippen LogP contribution in [0.4, 0.5) is 4.79 Å². The zero-order valence-corrected chi connectivity index (χ0v) is 16.8. The summed E-state index contributed by atoms with van der Waals surface area (Å²) in [6.45, 7) is 1.95. The summed E-state index contributed by atoms with van der Waals surface area (Å²) in [5.74, 6) is 2.03. The highest BCUT2D eigenvalue weighted by molar-refractivity contribution is 5.81. The van der Waals surface area contributed by atoms with E-state index in [9.17, 15) is 9.59 Å². The Bertz CT molecular complexity index is 917. The number of piperidine rings is 1. The summed E-state index contributed by atoms with van der Waals surface area (Å²) in [5, 5.41) is 2.86. The number of carbonyl (C=O) groups is 2. The number of alkyl carbamates (subject to hydrolysis) is 1. The number of nitrogens with zero attached hydrogens (tertiary/aromatic N) is 2. The van der Waals surface area contributed by atoms with E-state index in [1.54, 1.807) is 6.20 Å². The van der Waals surface area contributed by atoms with Crippen LogP contribution >= 0.6 is 0 Å². The second kappa shape index (κ2) is 7.63. The largest absolute Gasteiger partial charge is 0.447 e. The van der Waals surface area contributed by atoms with Gasteiger partial charge in [-0.3, -0.25) is 4.79 Å². The molecule has 7 nitrogen and oxygen atoms in total. The first-order chi connectivity index (χ1) is 14.6. The third-order valence-electron chi connectivity index (χ3n) is 6.49. The molecule has 1 aliphatic carbocycles. The molecule has 1 saturated carbocycles. The number of rotatable bonds is 4. The van der Waals surface area contributed by atoms with Gasteiger partial charge in [0.1, 0.15) is 12.4 Å². The van der Waals surface area contributed by atoms with Crippen LogP contribution in [0.15, 0.2) is 48.7 Å². The van der Waals surface area contributed by atoms with Gasteiger partial charge in [0, 0.05) is 31.3 Å². The number of aromatic nitrogens is 1. The Labute approximate surface area is 175 Å². The number of pyridine rings is 1. The number of likely N-dealkylation sites (tertiary alicyclic amines) is 1. The summed E-state index contributed by atoms with van der Waals surface area (Å²) < 4.78 is 10.8. The molecule has 1 N–H and O–H groups in total. The minimum absolute atomic E-state index is 0.00609. The van der Waals surface area contributed by atoms with E-state index in [0.717, 1.165) is 31.7 Å². The topological polar surface area (TPSA) is 80.8 Å². The van der Waals surface area contributed by atoms with E-state index in [1.165, 1.54) is 5.56 Å². The Morgan fingerprint density at radius 3 is 2.53 bits per heavy atom. The Morgan fingerprint density at radius 2 is 1.90 bits per heavy atom. The monoisotopic (exact) mass is 407 g/mol. The van der Waals surface area contributed by atoms with Crippen LogP contribution in [0.2, 0.25) is 0 Å². The van der Waals surface area contributed by atoms with Gasteiger partial charge in [0.05, 0.1) is 5.54 Å². The second-order valence-corrected chi connectivity index (χ2v) is 8.53. The predicted octanol–water partition coefficient (Wildman–Crippen LogP) is 3.47. The molecule has 3 aliphatic rings. The van der Waals surface area contributed by atoms with E-state index in [0.29, 0.717) is 31.2 Å². The SMILES string of the molecule is O=C1NC2(CO1)CC(C(=O)N1CCC(c3ccc(Oc4ccccn4)cc3)CC1)C2. The van der Waals surface area contributed by atoms with Crippen molar-refractivity contribution >= 4 is 12.0 Å². The fraction of sp³-hybridized carbons (Fsp3) is 0.435. The maximum atomic E-state index is 12.8. The maximum absolute atomic E-state index is 12.8. The first-order valence-electron chi connectivity index (χ1n) is 10.5. The van der Waals surface area contributed by atoms with Gasteiger partial charge in [0.15, 0.2) is 0 Å². The second-order valence-electron chi connectivity index (χ2n) is 8.53. The molecule has 3 heterocycles. The number of carbonyl (C=O) groups excluding carboxylic acids is 2. The molecule has 2 aliphatic heterocycles. The summed E-state index contributed by atoms with van der Waals surface area (Å²) in [7, 11) is 0. The lowest BCUT2D eigenvalue weighted by Gasteiger charge is -2.45. The van der Waals surface area contributed by atoms with Gasteiger partial charge in [-0.1, -0.05) is 18.2 Å². The summed E-state index contributed by atoms with van der Waals surface area (Å²) in [5.41, 5.74) is 0.985. The van der Waals surface area contributed by atoms with Crippen LogP contribution in [0, 0.1) is 5.92 Å². The normalized spacial score (nSPS) is 26.1. The van der Waals surface area contributed by atoms with E-state index in [-0.39, 0.29) is 23.5 Å². The van der Waals surface area contributed by atoms with E-state index >= 15 is 0 Å². The van der Waals surface area contributed by atoms with E-state index in [4.69, 9.17) is 9.47 Å². The molecule has 2 amide bonds. The smallest absolute Gasteiger partial charge is 0.407 e.